The van der Waals surface area contributed by atoms with Crippen LogP contribution in [0.2, 0.25) is 0 Å². The van der Waals surface area contributed by atoms with E-state index in [0.29, 0.717) is 12.0 Å². The highest BCUT2D eigenvalue weighted by Gasteiger charge is 2.09. The molecule has 0 spiro atoms. The topological polar surface area (TPSA) is 32.3 Å². The van der Waals surface area contributed by atoms with Gasteiger partial charge in [-0.2, -0.15) is 0 Å². The quantitative estimate of drug-likeness (QED) is 0.541. The summed E-state index contributed by atoms with van der Waals surface area (Å²) in [5, 5.41) is 3.12. The van der Waals surface area contributed by atoms with E-state index < -0.39 is 6.17 Å². The lowest BCUT2D eigenvalue weighted by Crippen LogP contribution is -2.33. The molecule has 4 heteroatoms. The Bertz CT molecular complexity index is 345. The molecule has 2 N–H and O–H groups in total. The summed E-state index contributed by atoms with van der Waals surface area (Å²) in [5.74, 6) is 0.120. The number of hydrogen-bond acceptors (Lipinski definition) is 3. The first-order valence-electron chi connectivity index (χ1n) is 5.64. The van der Waals surface area contributed by atoms with Gasteiger partial charge in [0.05, 0.1) is 5.75 Å². The summed E-state index contributed by atoms with van der Waals surface area (Å²) in [6, 6.07) is 0.208. The monoisotopic (exact) mass is 255 g/mol. The van der Waals surface area contributed by atoms with Gasteiger partial charge in [0.25, 0.3) is 0 Å². The van der Waals surface area contributed by atoms with E-state index >= 15 is 0 Å². The van der Waals surface area contributed by atoms with Gasteiger partial charge < -0.3 is 9.87 Å². The van der Waals surface area contributed by atoms with Crippen molar-refractivity contribution in [2.24, 2.45) is 0 Å². The molecular weight excluding hydrogens is 237 g/mol. The van der Waals surface area contributed by atoms with Crippen molar-refractivity contribution in [3.63, 3.8) is 0 Å². The molecule has 0 saturated heterocycles. The Morgan fingerprint density at radius 2 is 2.35 bits per heavy atom. The van der Waals surface area contributed by atoms with Crippen molar-refractivity contribution in [2.75, 3.05) is 12.3 Å². The lowest BCUT2D eigenvalue weighted by molar-refractivity contribution is 0.335. The molecule has 0 aromatic heterocycles. The van der Waals surface area contributed by atoms with Gasteiger partial charge in [0.15, 0.2) is 0 Å². The molecule has 0 fully saturated rings. The number of hydrogen-bond donors (Lipinski definition) is 2. The molecule has 0 aromatic carbocycles. The summed E-state index contributed by atoms with van der Waals surface area (Å²) in [4.78, 5) is 0. The summed E-state index contributed by atoms with van der Waals surface area (Å²) >= 11 is 0.545. The van der Waals surface area contributed by atoms with Crippen LogP contribution in [0.5, 0.6) is 0 Å². The molecule has 1 aliphatic rings. The molecule has 0 radical (unpaired) electrons. The Kier molecular flexibility index (Phi) is 6.97. The molecule has 1 rings (SSSR count). The van der Waals surface area contributed by atoms with Crippen LogP contribution in [-0.4, -0.2) is 29.1 Å². The highest BCUT2D eigenvalue weighted by molar-refractivity contribution is 7.93. The third kappa shape index (κ3) is 6.49. The second kappa shape index (κ2) is 8.31. The van der Waals surface area contributed by atoms with E-state index in [1.807, 2.05) is 37.3 Å². The molecule has 1 aliphatic carbocycles. The van der Waals surface area contributed by atoms with E-state index in [-0.39, 0.29) is 18.3 Å². The van der Waals surface area contributed by atoms with Crippen LogP contribution in [0.3, 0.4) is 0 Å². The van der Waals surface area contributed by atoms with Crippen molar-refractivity contribution in [3.05, 3.63) is 41.7 Å². The average Bonchev–Trinajstić information content (AvgIpc) is 2.55. The minimum Gasteiger partial charge on any atom is -0.330 e. The van der Waals surface area contributed by atoms with E-state index in [1.54, 1.807) is 0 Å². The zero-order chi connectivity index (χ0) is 12.5. The fourth-order valence-electron chi connectivity index (χ4n) is 1.52. The van der Waals surface area contributed by atoms with E-state index in [0.717, 1.165) is 6.42 Å². The Morgan fingerprint density at radius 3 is 3.12 bits per heavy atom. The Hall–Kier alpha value is -0.800. The predicted molar refractivity (Wildman–Crippen MR) is 71.9 cm³/mol. The van der Waals surface area contributed by atoms with Crippen LogP contribution in [0, 0.1) is 0 Å². The number of allylic oxidation sites excluding steroid dienone is 4. The van der Waals surface area contributed by atoms with Gasteiger partial charge in [-0.05, 0) is 43.1 Å². The smallest absolute Gasteiger partial charge is 0.124 e. The normalized spacial score (nSPS) is 17.7. The molecular formula is C13H18FNOS. The molecule has 94 valence electrons. The zero-order valence-electron chi connectivity index (χ0n) is 9.90. The summed E-state index contributed by atoms with van der Waals surface area (Å²) in [6.45, 7) is 2.30. The van der Waals surface area contributed by atoms with Crippen molar-refractivity contribution < 1.29 is 8.94 Å². The van der Waals surface area contributed by atoms with E-state index in [9.17, 15) is 4.39 Å². The Balaban J connectivity index is 2.27. The van der Waals surface area contributed by atoms with Crippen LogP contribution >= 0.6 is 12.0 Å². The molecule has 2 unspecified atom stereocenters. The van der Waals surface area contributed by atoms with Gasteiger partial charge in [0.2, 0.25) is 0 Å². The van der Waals surface area contributed by atoms with Crippen LogP contribution in [0.15, 0.2) is 41.7 Å². The third-order valence-corrected chi connectivity index (χ3v) is 2.89. The largest absolute Gasteiger partial charge is 0.330 e. The second-order valence-electron chi connectivity index (χ2n) is 4.01. The number of nitrogens with one attached hydrogen (secondary N) is 1. The van der Waals surface area contributed by atoms with Crippen molar-refractivity contribution in [3.8, 4) is 0 Å². The van der Waals surface area contributed by atoms with Crippen LogP contribution in [0.4, 0.5) is 4.39 Å². The standard InChI is InChI=1S/C13H18FNOS/c1-11(15-9-13(14)10-17-16)8-12-6-4-2-3-5-7-12/h2,4-7,11,13,15-16H,8-10H2,1H3. The molecule has 0 aliphatic heterocycles. The summed E-state index contributed by atoms with van der Waals surface area (Å²) in [5.41, 5.74) is 4.19. The Labute approximate surface area is 106 Å². The van der Waals surface area contributed by atoms with Crippen molar-refractivity contribution in [1.82, 2.24) is 5.32 Å². The first kappa shape index (κ1) is 14.3. The minimum atomic E-state index is -1.01. The fraction of sp³-hybridized carbons (Fsp3) is 0.462. The first-order chi connectivity index (χ1) is 8.22. The van der Waals surface area contributed by atoms with Crippen LogP contribution in [-0.2, 0) is 0 Å². The summed E-state index contributed by atoms with van der Waals surface area (Å²) in [6.07, 6.45) is 9.57. The van der Waals surface area contributed by atoms with Crippen LogP contribution in [0.1, 0.15) is 13.3 Å². The number of halogens is 1. The molecule has 0 aromatic rings. The van der Waals surface area contributed by atoms with Gasteiger partial charge in [-0.25, -0.2) is 4.39 Å². The lowest BCUT2D eigenvalue weighted by atomic mass is 10.1. The Morgan fingerprint density at radius 1 is 1.53 bits per heavy atom. The minimum absolute atomic E-state index is 0.120. The zero-order valence-corrected chi connectivity index (χ0v) is 10.7. The van der Waals surface area contributed by atoms with Crippen molar-refractivity contribution >= 4 is 12.0 Å². The maximum Gasteiger partial charge on any atom is 0.124 e. The van der Waals surface area contributed by atoms with E-state index in [4.69, 9.17) is 4.55 Å². The number of rotatable bonds is 7. The molecule has 0 bridgehead atoms. The van der Waals surface area contributed by atoms with Crippen molar-refractivity contribution in [2.45, 2.75) is 25.6 Å². The maximum atomic E-state index is 13.1. The predicted octanol–water partition coefficient (Wildman–Crippen LogP) is 3.11. The van der Waals surface area contributed by atoms with Crippen molar-refractivity contribution in [1.29, 1.82) is 0 Å². The molecule has 0 saturated carbocycles. The van der Waals surface area contributed by atoms with Gasteiger partial charge in [-0.15, -0.1) is 5.73 Å². The highest BCUT2D eigenvalue weighted by atomic mass is 32.2. The third-order valence-electron chi connectivity index (χ3n) is 2.38. The number of alkyl halides is 1. The first-order valence-corrected chi connectivity index (χ1v) is 6.58. The second-order valence-corrected chi connectivity index (χ2v) is 4.60. The summed E-state index contributed by atoms with van der Waals surface area (Å²) < 4.78 is 21.6. The highest BCUT2D eigenvalue weighted by Crippen LogP contribution is 2.10. The molecule has 0 amide bonds. The molecule has 0 heterocycles. The summed E-state index contributed by atoms with van der Waals surface area (Å²) in [7, 11) is 0. The maximum absolute atomic E-state index is 13.1. The SMILES string of the molecule is CC(CC1=CC=C=CC=C1)NCC(F)CSO. The fourth-order valence-corrected chi connectivity index (χ4v) is 1.80. The average molecular weight is 255 g/mol. The van der Waals surface area contributed by atoms with Gasteiger partial charge in [0, 0.05) is 12.6 Å². The van der Waals surface area contributed by atoms with Gasteiger partial charge in [-0.3, -0.25) is 0 Å². The van der Waals surface area contributed by atoms with Gasteiger partial charge in [0.1, 0.15) is 6.17 Å². The van der Waals surface area contributed by atoms with Gasteiger partial charge >= 0.3 is 0 Å². The molecule has 2 atom stereocenters. The van der Waals surface area contributed by atoms with E-state index in [2.05, 4.69) is 11.0 Å². The molecule has 17 heavy (non-hydrogen) atoms. The van der Waals surface area contributed by atoms with Crippen LogP contribution < -0.4 is 5.32 Å². The van der Waals surface area contributed by atoms with E-state index in [1.165, 1.54) is 5.57 Å². The van der Waals surface area contributed by atoms with Crippen LogP contribution in [0.25, 0.3) is 0 Å². The van der Waals surface area contributed by atoms with Gasteiger partial charge in [-0.1, -0.05) is 18.2 Å². The molecule has 2 nitrogen and oxygen atoms in total. The lowest BCUT2D eigenvalue weighted by Gasteiger charge is -2.15.